The van der Waals surface area contributed by atoms with Gasteiger partial charge in [0, 0.05) is 22.5 Å². The molecule has 148 valence electrons. The van der Waals surface area contributed by atoms with Gasteiger partial charge in [0.1, 0.15) is 5.75 Å². The normalized spacial score (nSPS) is 11.1. The number of amides is 1. The van der Waals surface area contributed by atoms with E-state index in [-0.39, 0.29) is 5.91 Å². The summed E-state index contributed by atoms with van der Waals surface area (Å²) in [5, 5.41) is 6.64. The van der Waals surface area contributed by atoms with E-state index in [1.54, 1.807) is 43.6 Å². The highest BCUT2D eigenvalue weighted by molar-refractivity contribution is 6.30. The topological polar surface area (TPSA) is 75.6 Å². The lowest BCUT2D eigenvalue weighted by atomic mass is 10.2. The van der Waals surface area contributed by atoms with Crippen LogP contribution in [-0.4, -0.2) is 24.0 Å². The lowest BCUT2D eigenvalue weighted by Crippen LogP contribution is -2.36. The summed E-state index contributed by atoms with van der Waals surface area (Å²) in [6.07, 6.45) is 1.70. The van der Waals surface area contributed by atoms with E-state index >= 15 is 0 Å². The van der Waals surface area contributed by atoms with E-state index in [4.69, 9.17) is 16.3 Å². The van der Waals surface area contributed by atoms with Crippen molar-refractivity contribution in [2.75, 3.05) is 12.4 Å². The van der Waals surface area contributed by atoms with Crippen LogP contribution in [0.4, 0.5) is 5.69 Å². The average molecular weight is 409 g/mol. The van der Waals surface area contributed by atoms with E-state index in [0.717, 1.165) is 16.9 Å². The standard InChI is InChI=1S/C22H21ClN4O2/c1-15-12-17(23)9-10-20(15)26-22(25-14-18-7-3-4-11-24-18)27-21(28)16-6-5-8-19(13-16)29-2/h3-13H,14H2,1-2H3,(H2,25,26,27,28). The molecule has 0 aliphatic carbocycles. The van der Waals surface area contributed by atoms with Crippen molar-refractivity contribution in [3.63, 3.8) is 0 Å². The van der Waals surface area contributed by atoms with Crippen molar-refractivity contribution in [2.45, 2.75) is 13.5 Å². The monoisotopic (exact) mass is 408 g/mol. The number of hydrogen-bond acceptors (Lipinski definition) is 4. The Morgan fingerprint density at radius 2 is 2.00 bits per heavy atom. The van der Waals surface area contributed by atoms with Crippen molar-refractivity contribution >= 4 is 29.2 Å². The Kier molecular flexibility index (Phi) is 6.81. The fourth-order valence-electron chi connectivity index (χ4n) is 2.60. The highest BCUT2D eigenvalue weighted by Crippen LogP contribution is 2.19. The fraction of sp³-hybridized carbons (Fsp3) is 0.136. The quantitative estimate of drug-likeness (QED) is 0.483. The lowest BCUT2D eigenvalue weighted by molar-refractivity contribution is 0.0976. The van der Waals surface area contributed by atoms with Crippen molar-refractivity contribution in [1.29, 1.82) is 0 Å². The summed E-state index contributed by atoms with van der Waals surface area (Å²) in [6.45, 7) is 2.24. The SMILES string of the molecule is COc1cccc(C(=O)NC(=NCc2ccccn2)Nc2ccc(Cl)cc2C)c1. The molecule has 3 rings (SSSR count). The predicted molar refractivity (Wildman–Crippen MR) is 116 cm³/mol. The van der Waals surface area contributed by atoms with Gasteiger partial charge in [-0.05, 0) is 61.0 Å². The maximum atomic E-state index is 12.7. The number of nitrogens with zero attached hydrogens (tertiary/aromatic N) is 2. The van der Waals surface area contributed by atoms with Crippen LogP contribution in [0.3, 0.4) is 0 Å². The van der Waals surface area contributed by atoms with Gasteiger partial charge >= 0.3 is 0 Å². The second-order valence-corrected chi connectivity index (χ2v) is 6.69. The Hall–Kier alpha value is -3.38. The second-order valence-electron chi connectivity index (χ2n) is 6.26. The zero-order chi connectivity index (χ0) is 20.6. The summed E-state index contributed by atoms with van der Waals surface area (Å²) in [6, 6.07) is 18.0. The molecule has 0 bridgehead atoms. The number of anilines is 1. The number of carbonyl (C=O) groups is 1. The van der Waals surface area contributed by atoms with Gasteiger partial charge in [-0.1, -0.05) is 23.7 Å². The molecule has 0 aliphatic heterocycles. The first kappa shape index (κ1) is 20.4. The number of rotatable bonds is 5. The molecular formula is C22H21ClN4O2. The number of nitrogens with one attached hydrogen (secondary N) is 2. The van der Waals surface area contributed by atoms with Gasteiger partial charge in [0.15, 0.2) is 0 Å². The van der Waals surface area contributed by atoms with Crippen LogP contribution >= 0.6 is 11.6 Å². The van der Waals surface area contributed by atoms with Gasteiger partial charge < -0.3 is 10.1 Å². The van der Waals surface area contributed by atoms with E-state index in [9.17, 15) is 4.79 Å². The molecule has 29 heavy (non-hydrogen) atoms. The summed E-state index contributed by atoms with van der Waals surface area (Å²) in [5.41, 5.74) is 2.97. The van der Waals surface area contributed by atoms with Gasteiger partial charge in [0.05, 0.1) is 19.3 Å². The van der Waals surface area contributed by atoms with Crippen molar-refractivity contribution in [3.05, 3.63) is 88.7 Å². The van der Waals surface area contributed by atoms with E-state index in [2.05, 4.69) is 20.6 Å². The Labute approximate surface area is 174 Å². The minimum atomic E-state index is -0.303. The van der Waals surface area contributed by atoms with Crippen molar-refractivity contribution in [3.8, 4) is 5.75 Å². The van der Waals surface area contributed by atoms with E-state index < -0.39 is 0 Å². The first-order valence-corrected chi connectivity index (χ1v) is 9.36. The number of aryl methyl sites for hydroxylation is 1. The summed E-state index contributed by atoms with van der Waals surface area (Å²) >= 11 is 6.04. The number of carbonyl (C=O) groups excluding carboxylic acids is 1. The van der Waals surface area contributed by atoms with E-state index in [1.165, 1.54) is 0 Å². The van der Waals surface area contributed by atoms with Gasteiger partial charge in [-0.3, -0.25) is 15.1 Å². The Bertz CT molecular complexity index is 1020. The number of hydrogen-bond donors (Lipinski definition) is 2. The summed E-state index contributed by atoms with van der Waals surface area (Å²) in [4.78, 5) is 21.5. The highest BCUT2D eigenvalue weighted by atomic mass is 35.5. The average Bonchev–Trinajstić information content (AvgIpc) is 2.74. The molecule has 0 fully saturated rings. The molecule has 2 aromatic carbocycles. The van der Waals surface area contributed by atoms with Gasteiger partial charge in [0.2, 0.25) is 5.96 Å². The van der Waals surface area contributed by atoms with Crippen molar-refractivity contribution in [1.82, 2.24) is 10.3 Å². The maximum absolute atomic E-state index is 12.7. The molecule has 0 spiro atoms. The molecule has 1 amide bonds. The molecule has 0 unspecified atom stereocenters. The number of benzene rings is 2. The molecule has 7 heteroatoms. The molecule has 0 saturated carbocycles. The molecular weight excluding hydrogens is 388 g/mol. The zero-order valence-electron chi connectivity index (χ0n) is 16.1. The molecule has 3 aromatic rings. The molecule has 2 N–H and O–H groups in total. The number of aliphatic imine (C=N–C) groups is 1. The molecule has 0 atom stereocenters. The first-order chi connectivity index (χ1) is 14.0. The van der Waals surface area contributed by atoms with Crippen LogP contribution in [-0.2, 0) is 6.54 Å². The molecule has 0 aliphatic rings. The third kappa shape index (κ3) is 5.80. The zero-order valence-corrected chi connectivity index (χ0v) is 16.9. The second kappa shape index (κ2) is 9.71. The third-order valence-electron chi connectivity index (χ3n) is 4.13. The number of aromatic nitrogens is 1. The van der Waals surface area contributed by atoms with Crippen molar-refractivity contribution in [2.24, 2.45) is 4.99 Å². The maximum Gasteiger partial charge on any atom is 0.258 e. The molecule has 1 heterocycles. The smallest absolute Gasteiger partial charge is 0.258 e. The molecule has 0 saturated heterocycles. The number of methoxy groups -OCH3 is 1. The van der Waals surface area contributed by atoms with Gasteiger partial charge in [0.25, 0.3) is 5.91 Å². The molecule has 1 aromatic heterocycles. The van der Waals surface area contributed by atoms with Gasteiger partial charge in [-0.25, -0.2) is 4.99 Å². The largest absolute Gasteiger partial charge is 0.497 e. The van der Waals surface area contributed by atoms with Gasteiger partial charge in [-0.2, -0.15) is 0 Å². The fourth-order valence-corrected chi connectivity index (χ4v) is 2.83. The Morgan fingerprint density at radius 1 is 1.14 bits per heavy atom. The van der Waals surface area contributed by atoms with Crippen LogP contribution in [0.1, 0.15) is 21.6 Å². The number of pyridine rings is 1. The third-order valence-corrected chi connectivity index (χ3v) is 4.37. The predicted octanol–water partition coefficient (Wildman–Crippen LogP) is 4.45. The van der Waals surface area contributed by atoms with Crippen LogP contribution in [0.5, 0.6) is 5.75 Å². The minimum absolute atomic E-state index is 0.303. The van der Waals surface area contributed by atoms with Crippen LogP contribution in [0.15, 0.2) is 71.9 Å². The van der Waals surface area contributed by atoms with Crippen LogP contribution < -0.4 is 15.4 Å². The minimum Gasteiger partial charge on any atom is -0.497 e. The number of halogens is 1. The van der Waals surface area contributed by atoms with Crippen molar-refractivity contribution < 1.29 is 9.53 Å². The first-order valence-electron chi connectivity index (χ1n) is 8.98. The van der Waals surface area contributed by atoms with Crippen LogP contribution in [0.2, 0.25) is 5.02 Å². The number of ether oxygens (including phenoxy) is 1. The lowest BCUT2D eigenvalue weighted by Gasteiger charge is -2.14. The van der Waals surface area contributed by atoms with E-state index in [1.807, 2.05) is 37.3 Å². The molecule has 0 radical (unpaired) electrons. The molecule has 6 nitrogen and oxygen atoms in total. The van der Waals surface area contributed by atoms with Crippen LogP contribution in [0, 0.1) is 6.92 Å². The Balaban J connectivity index is 1.83. The summed E-state index contributed by atoms with van der Waals surface area (Å²) in [5.74, 6) is 0.614. The highest BCUT2D eigenvalue weighted by Gasteiger charge is 2.11. The Morgan fingerprint density at radius 3 is 2.72 bits per heavy atom. The van der Waals surface area contributed by atoms with E-state index in [0.29, 0.717) is 28.8 Å². The van der Waals surface area contributed by atoms with Crippen LogP contribution in [0.25, 0.3) is 0 Å². The summed E-state index contributed by atoms with van der Waals surface area (Å²) < 4.78 is 5.19. The summed E-state index contributed by atoms with van der Waals surface area (Å²) in [7, 11) is 1.56. The van der Waals surface area contributed by atoms with Gasteiger partial charge in [-0.15, -0.1) is 0 Å². The number of guanidine groups is 1.